The predicted molar refractivity (Wildman–Crippen MR) is 206 cm³/mol. The lowest BCUT2D eigenvalue weighted by Crippen LogP contribution is -2.37. The van der Waals surface area contributed by atoms with Crippen molar-refractivity contribution in [3.05, 3.63) is 101 Å². The Balaban J connectivity index is 0.000000389. The van der Waals surface area contributed by atoms with Crippen molar-refractivity contribution in [3.8, 4) is 0 Å². The van der Waals surface area contributed by atoms with Crippen molar-refractivity contribution in [1.29, 1.82) is 0 Å². The number of hydrogen-bond acceptors (Lipinski definition) is 6. The van der Waals surface area contributed by atoms with Crippen molar-refractivity contribution >= 4 is 17.0 Å². The summed E-state index contributed by atoms with van der Waals surface area (Å²) in [6, 6.07) is 6.27. The van der Waals surface area contributed by atoms with Crippen LogP contribution in [-0.4, -0.2) is 60.3 Å². The van der Waals surface area contributed by atoms with Crippen molar-refractivity contribution < 1.29 is 0 Å². The van der Waals surface area contributed by atoms with E-state index in [-0.39, 0.29) is 0 Å². The van der Waals surface area contributed by atoms with Crippen LogP contribution in [0.25, 0.3) is 0 Å². The van der Waals surface area contributed by atoms with Crippen LogP contribution in [0.3, 0.4) is 0 Å². The molecule has 4 rings (SSSR count). The SMILES string of the molecule is C=C(CN1CCC(C)(CCC)C1)N1CCC(c2ccsc2)CC1.C=CC/C(=N\NC)c1ccnc(C)c1.C=CCC.CC=C(C)C. The maximum Gasteiger partial charge on any atom is 0.0713 e. The highest BCUT2D eigenvalue weighted by Gasteiger charge is 2.33. The molecule has 46 heavy (non-hydrogen) atoms. The molecule has 2 saturated heterocycles. The van der Waals surface area contributed by atoms with Gasteiger partial charge in [-0.1, -0.05) is 57.6 Å². The minimum atomic E-state index is 0.543. The van der Waals surface area contributed by atoms with Crippen LogP contribution in [0.5, 0.6) is 0 Å². The lowest BCUT2D eigenvalue weighted by atomic mass is 9.85. The van der Waals surface area contributed by atoms with Crippen LogP contribution in [0.2, 0.25) is 0 Å². The van der Waals surface area contributed by atoms with Gasteiger partial charge in [-0.25, -0.2) is 0 Å². The molecule has 1 unspecified atom stereocenters. The summed E-state index contributed by atoms with van der Waals surface area (Å²) >= 11 is 1.83. The fourth-order valence-corrected chi connectivity index (χ4v) is 6.43. The van der Waals surface area contributed by atoms with Gasteiger partial charge < -0.3 is 10.3 Å². The van der Waals surface area contributed by atoms with Crippen molar-refractivity contribution in [3.63, 3.8) is 0 Å². The largest absolute Gasteiger partial charge is 0.374 e. The number of hydrazone groups is 1. The molecule has 1 atom stereocenters. The van der Waals surface area contributed by atoms with Gasteiger partial charge in [-0.2, -0.15) is 16.4 Å². The van der Waals surface area contributed by atoms with Gasteiger partial charge in [0.1, 0.15) is 0 Å². The molecule has 5 nitrogen and oxygen atoms in total. The van der Waals surface area contributed by atoms with E-state index in [1.54, 1.807) is 18.8 Å². The molecule has 256 valence electrons. The molecule has 2 aliphatic heterocycles. The topological polar surface area (TPSA) is 43.8 Å². The van der Waals surface area contributed by atoms with Crippen LogP contribution in [0, 0.1) is 12.3 Å². The van der Waals surface area contributed by atoms with Gasteiger partial charge in [-0.3, -0.25) is 9.88 Å². The maximum absolute atomic E-state index is 4.41. The summed E-state index contributed by atoms with van der Waals surface area (Å²) in [6.07, 6.45) is 16.0. The van der Waals surface area contributed by atoms with Gasteiger partial charge in [-0.15, -0.1) is 13.2 Å². The molecular weight excluding hydrogens is 583 g/mol. The van der Waals surface area contributed by atoms with E-state index in [4.69, 9.17) is 0 Å². The van der Waals surface area contributed by atoms with Crippen LogP contribution in [0.1, 0.15) is 109 Å². The second kappa shape index (κ2) is 23.4. The summed E-state index contributed by atoms with van der Waals surface area (Å²) in [5.74, 6) is 0.768. The highest BCUT2D eigenvalue weighted by Crippen LogP contribution is 2.35. The second-order valence-electron chi connectivity index (χ2n) is 12.9. The van der Waals surface area contributed by atoms with Gasteiger partial charge in [0.05, 0.1) is 5.71 Å². The highest BCUT2D eigenvalue weighted by atomic mass is 32.1. The minimum absolute atomic E-state index is 0.543. The number of pyridine rings is 1. The molecular formula is C40H65N5S. The molecule has 0 saturated carbocycles. The average Bonchev–Trinajstić information content (AvgIpc) is 3.72. The Morgan fingerprint density at radius 2 is 1.83 bits per heavy atom. The average molecular weight is 648 g/mol. The van der Waals surface area contributed by atoms with Gasteiger partial charge >= 0.3 is 0 Å². The van der Waals surface area contributed by atoms with E-state index in [1.165, 1.54) is 69.6 Å². The Hall–Kier alpha value is -2.96. The summed E-state index contributed by atoms with van der Waals surface area (Å²) in [5.41, 5.74) is 10.7. The van der Waals surface area contributed by atoms with Crippen LogP contribution < -0.4 is 5.43 Å². The molecule has 0 radical (unpaired) electrons. The number of likely N-dealkylation sites (tertiary alicyclic amines) is 2. The molecule has 4 heterocycles. The number of aryl methyl sites for hydroxylation is 1. The van der Waals surface area contributed by atoms with Crippen molar-refractivity contribution in [2.75, 3.05) is 39.8 Å². The lowest BCUT2D eigenvalue weighted by molar-refractivity contribution is 0.220. The zero-order chi connectivity index (χ0) is 34.4. The van der Waals surface area contributed by atoms with E-state index in [9.17, 15) is 0 Å². The van der Waals surface area contributed by atoms with Crippen molar-refractivity contribution in [1.82, 2.24) is 20.2 Å². The first-order valence-corrected chi connectivity index (χ1v) is 18.1. The Morgan fingerprint density at radius 3 is 2.33 bits per heavy atom. The van der Waals surface area contributed by atoms with E-state index in [0.717, 1.165) is 42.3 Å². The molecule has 0 bridgehead atoms. The Bertz CT molecular complexity index is 1190. The van der Waals surface area contributed by atoms with Gasteiger partial charge in [-0.05, 0) is 112 Å². The molecule has 2 aliphatic rings. The van der Waals surface area contributed by atoms with E-state index < -0.39 is 0 Å². The third kappa shape index (κ3) is 16.0. The summed E-state index contributed by atoms with van der Waals surface area (Å²) < 4.78 is 0. The number of piperidine rings is 1. The summed E-state index contributed by atoms with van der Waals surface area (Å²) in [4.78, 5) is 9.31. The van der Waals surface area contributed by atoms with E-state index in [2.05, 4.69) is 103 Å². The first kappa shape index (κ1) is 41.1. The Labute approximate surface area is 287 Å². The molecule has 6 heteroatoms. The quantitative estimate of drug-likeness (QED) is 0.150. The zero-order valence-corrected chi connectivity index (χ0v) is 31.4. The van der Waals surface area contributed by atoms with E-state index >= 15 is 0 Å². The summed E-state index contributed by atoms with van der Waals surface area (Å²) in [7, 11) is 1.79. The Kier molecular flexibility index (Phi) is 20.9. The van der Waals surface area contributed by atoms with Gasteiger partial charge in [0, 0.05) is 62.8 Å². The normalized spacial score (nSPS) is 18.1. The van der Waals surface area contributed by atoms with Crippen LogP contribution in [-0.2, 0) is 0 Å². The third-order valence-electron chi connectivity index (χ3n) is 8.53. The molecule has 0 spiro atoms. The molecule has 0 amide bonds. The minimum Gasteiger partial charge on any atom is -0.374 e. The first-order valence-electron chi connectivity index (χ1n) is 17.2. The zero-order valence-electron chi connectivity index (χ0n) is 30.6. The summed E-state index contributed by atoms with van der Waals surface area (Å²) in [5, 5.41) is 8.73. The standard InChI is InChI=1S/C20H32N2S.C11H15N3.C5H10.C4H8/c1-4-8-20(3)9-12-21(16-20)14-17(2)22-10-5-18(6-11-22)19-7-13-23-15-19;1-4-5-11(14-12-3)10-6-7-13-9(2)8-10;1-4-5(2)3;1-3-4-2/h7,13,15,18H,2,4-6,8-12,14,16H2,1,3H3;4,6-8,12H,1,5H2,2-3H3;4H,1-3H3;3H,1,4H2,2H3/b;14-11+;;. The fraction of sp³-hybridized carbons (Fsp3) is 0.550. The fourth-order valence-electron chi connectivity index (χ4n) is 5.69. The van der Waals surface area contributed by atoms with E-state index in [0.29, 0.717) is 5.41 Å². The smallest absolute Gasteiger partial charge is 0.0713 e. The molecule has 2 aromatic rings. The second-order valence-corrected chi connectivity index (χ2v) is 13.7. The number of nitrogens with zero attached hydrogens (tertiary/aromatic N) is 4. The number of rotatable bonds is 11. The van der Waals surface area contributed by atoms with Gasteiger partial charge in [0.2, 0.25) is 0 Å². The number of allylic oxidation sites excluding steroid dienone is 4. The monoisotopic (exact) mass is 647 g/mol. The Morgan fingerprint density at radius 1 is 1.15 bits per heavy atom. The number of aromatic nitrogens is 1. The van der Waals surface area contributed by atoms with Gasteiger partial charge in [0.25, 0.3) is 0 Å². The molecule has 0 aliphatic carbocycles. The predicted octanol–water partition coefficient (Wildman–Crippen LogP) is 10.4. The molecule has 0 aromatic carbocycles. The van der Waals surface area contributed by atoms with Crippen LogP contribution in [0.15, 0.2) is 89.5 Å². The summed E-state index contributed by atoms with van der Waals surface area (Å²) in [6.45, 7) is 32.5. The maximum atomic E-state index is 4.41. The molecule has 2 fully saturated rings. The van der Waals surface area contributed by atoms with Crippen molar-refractivity contribution in [2.45, 2.75) is 99.3 Å². The van der Waals surface area contributed by atoms with Crippen molar-refractivity contribution in [2.24, 2.45) is 10.5 Å². The van der Waals surface area contributed by atoms with E-state index in [1.807, 2.05) is 49.5 Å². The number of nitrogens with one attached hydrogen (secondary N) is 1. The first-order chi connectivity index (χ1) is 22.1. The molecule has 1 N–H and O–H groups in total. The van der Waals surface area contributed by atoms with Gasteiger partial charge in [0.15, 0.2) is 0 Å². The van der Waals surface area contributed by atoms with Crippen LogP contribution in [0.4, 0.5) is 0 Å². The third-order valence-corrected chi connectivity index (χ3v) is 9.24. The highest BCUT2D eigenvalue weighted by molar-refractivity contribution is 7.08. The molecule has 2 aromatic heterocycles. The number of hydrogen-bond donors (Lipinski definition) is 1. The van der Waals surface area contributed by atoms with Crippen LogP contribution >= 0.6 is 11.3 Å². The number of thiophene rings is 1. The lowest BCUT2D eigenvalue weighted by Gasteiger charge is -2.36.